The molecule has 2 atom stereocenters. The van der Waals surface area contributed by atoms with Crippen molar-refractivity contribution in [2.24, 2.45) is 0 Å². The lowest BCUT2D eigenvalue weighted by Gasteiger charge is -2.44. The number of methoxy groups -OCH3 is 1. The number of rotatable bonds is 6. The molecule has 1 aromatic heterocycles. The summed E-state index contributed by atoms with van der Waals surface area (Å²) in [5, 5.41) is 1.93. The average molecular weight is 544 g/mol. The quantitative estimate of drug-likeness (QED) is 0.437. The zero-order valence-electron chi connectivity index (χ0n) is 20.9. The normalized spacial score (nSPS) is 20.0. The molecule has 2 amide bonds. The summed E-state index contributed by atoms with van der Waals surface area (Å²) in [6.07, 6.45) is -4.41. The number of fused-ring (bicyclic) bond motifs is 1. The van der Waals surface area contributed by atoms with Crippen LogP contribution < -0.4 is 4.90 Å². The molecule has 10 heteroatoms. The van der Waals surface area contributed by atoms with E-state index in [4.69, 9.17) is 4.74 Å². The first-order valence-electron chi connectivity index (χ1n) is 12.4. The highest BCUT2D eigenvalue weighted by atomic mass is 32.1. The molecule has 0 N–H and O–H groups in total. The van der Waals surface area contributed by atoms with Gasteiger partial charge >= 0.3 is 6.18 Å². The van der Waals surface area contributed by atoms with E-state index in [1.165, 1.54) is 17.4 Å². The van der Waals surface area contributed by atoms with E-state index in [0.717, 1.165) is 17.0 Å². The third-order valence-corrected chi connectivity index (χ3v) is 8.15. The summed E-state index contributed by atoms with van der Waals surface area (Å²) in [6, 6.07) is 15.9. The minimum Gasteiger partial charge on any atom is -0.383 e. The van der Waals surface area contributed by atoms with E-state index in [1.807, 2.05) is 34.5 Å². The summed E-state index contributed by atoms with van der Waals surface area (Å²) in [5.74, 6) is -0.816. The van der Waals surface area contributed by atoms with Gasteiger partial charge in [0.05, 0.1) is 24.1 Å². The topological polar surface area (TPSA) is 53.1 Å². The molecular formula is C28H28F3N3O3S. The number of amides is 2. The molecule has 5 rings (SSSR count). The van der Waals surface area contributed by atoms with Crippen LogP contribution in [0.3, 0.4) is 0 Å². The van der Waals surface area contributed by atoms with Crippen molar-refractivity contribution in [2.75, 3.05) is 51.3 Å². The van der Waals surface area contributed by atoms with E-state index < -0.39 is 23.7 Å². The first-order chi connectivity index (χ1) is 18.3. The number of nitrogens with zero attached hydrogens (tertiary/aromatic N) is 3. The second-order valence-corrected chi connectivity index (χ2v) is 10.4. The Morgan fingerprint density at radius 3 is 2.47 bits per heavy atom. The molecule has 2 aliphatic rings. The Morgan fingerprint density at radius 1 is 1.03 bits per heavy atom. The minimum atomic E-state index is -4.41. The molecule has 6 nitrogen and oxygen atoms in total. The molecule has 0 bridgehead atoms. The molecule has 200 valence electrons. The predicted octanol–water partition coefficient (Wildman–Crippen LogP) is 5.04. The van der Waals surface area contributed by atoms with Gasteiger partial charge in [-0.25, -0.2) is 0 Å². The molecule has 3 heterocycles. The van der Waals surface area contributed by atoms with Crippen LogP contribution in [0.1, 0.15) is 38.3 Å². The third-order valence-electron chi connectivity index (χ3n) is 7.21. The fourth-order valence-electron chi connectivity index (χ4n) is 5.33. The number of carbonyl (C=O) groups excluding carboxylic acids is 2. The first kappa shape index (κ1) is 26.2. The van der Waals surface area contributed by atoms with Crippen molar-refractivity contribution in [3.63, 3.8) is 0 Å². The molecule has 0 spiro atoms. The maximum Gasteiger partial charge on any atom is 0.416 e. The fraction of sp³-hybridized carbons (Fsp3) is 0.357. The largest absolute Gasteiger partial charge is 0.416 e. The zero-order chi connectivity index (χ0) is 26.9. The van der Waals surface area contributed by atoms with E-state index in [2.05, 4.69) is 0 Å². The van der Waals surface area contributed by atoms with Crippen LogP contribution >= 0.6 is 11.3 Å². The summed E-state index contributed by atoms with van der Waals surface area (Å²) in [7, 11) is 1.58. The number of halogens is 3. The van der Waals surface area contributed by atoms with Crippen LogP contribution in [0.2, 0.25) is 0 Å². The number of piperazine rings is 1. The van der Waals surface area contributed by atoms with E-state index in [1.54, 1.807) is 35.1 Å². The summed E-state index contributed by atoms with van der Waals surface area (Å²) in [5.41, 5.74) is 1.02. The van der Waals surface area contributed by atoms with Gasteiger partial charge in [0.15, 0.2) is 0 Å². The van der Waals surface area contributed by atoms with Crippen molar-refractivity contribution in [1.82, 2.24) is 9.80 Å². The SMILES string of the molecule is COCCN1C(=O)c2ccccc2[C@H](C(=O)N2CCN(c3cccc(C(F)(F)F)c3)CC2)[C@@H]1c1cccs1. The zero-order valence-corrected chi connectivity index (χ0v) is 21.7. The third kappa shape index (κ3) is 5.02. The Balaban J connectivity index is 1.42. The van der Waals surface area contributed by atoms with Gasteiger partial charge in [-0.3, -0.25) is 9.59 Å². The fourth-order valence-corrected chi connectivity index (χ4v) is 6.20. The van der Waals surface area contributed by atoms with Crippen LogP contribution in [-0.2, 0) is 15.7 Å². The van der Waals surface area contributed by atoms with Crippen LogP contribution in [0.4, 0.5) is 18.9 Å². The Kier molecular flexibility index (Phi) is 7.45. The van der Waals surface area contributed by atoms with Gasteiger partial charge < -0.3 is 19.4 Å². The summed E-state index contributed by atoms with van der Waals surface area (Å²) in [6.45, 7) is 2.26. The van der Waals surface area contributed by atoms with Crippen molar-refractivity contribution >= 4 is 28.8 Å². The van der Waals surface area contributed by atoms with Gasteiger partial charge in [-0.05, 0) is 41.3 Å². The van der Waals surface area contributed by atoms with E-state index in [-0.39, 0.29) is 11.8 Å². The van der Waals surface area contributed by atoms with Gasteiger partial charge in [0.1, 0.15) is 0 Å². The van der Waals surface area contributed by atoms with Crippen LogP contribution in [0.5, 0.6) is 0 Å². The van der Waals surface area contributed by atoms with E-state index in [0.29, 0.717) is 56.1 Å². The standard InChI is InChI=1S/C28H28F3N3O3S/c1-37-16-15-34-25(23-10-5-17-38-23)24(21-8-2-3-9-22(21)26(34)35)27(36)33-13-11-32(12-14-33)20-7-4-6-19(18-20)28(29,30)31/h2-10,17-18,24-25H,11-16H2,1H3/t24-,25-/m0/s1. The smallest absolute Gasteiger partial charge is 0.383 e. The lowest BCUT2D eigenvalue weighted by Crippen LogP contribution is -2.53. The van der Waals surface area contributed by atoms with Gasteiger partial charge in [0.25, 0.3) is 5.91 Å². The molecule has 1 fully saturated rings. The highest BCUT2D eigenvalue weighted by Crippen LogP contribution is 2.45. The van der Waals surface area contributed by atoms with Crippen molar-refractivity contribution in [3.05, 3.63) is 87.6 Å². The summed E-state index contributed by atoms with van der Waals surface area (Å²) < 4.78 is 44.9. The molecular weight excluding hydrogens is 515 g/mol. The highest BCUT2D eigenvalue weighted by molar-refractivity contribution is 7.10. The van der Waals surface area contributed by atoms with Crippen LogP contribution in [-0.4, -0.2) is 68.1 Å². The molecule has 0 saturated carbocycles. The van der Waals surface area contributed by atoms with Crippen molar-refractivity contribution in [3.8, 4) is 0 Å². The van der Waals surface area contributed by atoms with Gasteiger partial charge in [0.2, 0.25) is 5.91 Å². The summed E-state index contributed by atoms with van der Waals surface area (Å²) in [4.78, 5) is 34.0. The second-order valence-electron chi connectivity index (χ2n) is 9.38. The average Bonchev–Trinajstić information content (AvgIpc) is 3.46. The number of alkyl halides is 3. The maximum absolute atomic E-state index is 14.2. The van der Waals surface area contributed by atoms with Gasteiger partial charge in [-0.15, -0.1) is 11.3 Å². The van der Waals surface area contributed by atoms with E-state index in [9.17, 15) is 22.8 Å². The number of anilines is 1. The minimum absolute atomic E-state index is 0.0885. The second kappa shape index (κ2) is 10.8. The van der Waals surface area contributed by atoms with Gasteiger partial charge in [-0.2, -0.15) is 13.2 Å². The first-order valence-corrected chi connectivity index (χ1v) is 13.3. The molecule has 0 unspecified atom stereocenters. The molecule has 2 aliphatic heterocycles. The molecule has 0 aliphatic carbocycles. The number of ether oxygens (including phenoxy) is 1. The van der Waals surface area contributed by atoms with Gasteiger partial charge in [-0.1, -0.05) is 30.3 Å². The molecule has 1 saturated heterocycles. The molecule has 2 aromatic carbocycles. The number of hydrogen-bond acceptors (Lipinski definition) is 5. The maximum atomic E-state index is 14.2. The Morgan fingerprint density at radius 2 is 1.79 bits per heavy atom. The number of carbonyl (C=O) groups is 2. The van der Waals surface area contributed by atoms with Crippen molar-refractivity contribution in [1.29, 1.82) is 0 Å². The Hall–Kier alpha value is -3.37. The van der Waals surface area contributed by atoms with E-state index >= 15 is 0 Å². The molecule has 0 radical (unpaired) electrons. The predicted molar refractivity (Wildman–Crippen MR) is 139 cm³/mol. The number of hydrogen-bond donors (Lipinski definition) is 0. The van der Waals surface area contributed by atoms with Crippen LogP contribution in [0.25, 0.3) is 0 Å². The van der Waals surface area contributed by atoms with Crippen LogP contribution in [0.15, 0.2) is 66.0 Å². The number of thiophene rings is 1. The Labute approximate surface area is 223 Å². The Bertz CT molecular complexity index is 1290. The van der Waals surface area contributed by atoms with Crippen molar-refractivity contribution in [2.45, 2.75) is 18.1 Å². The molecule has 3 aromatic rings. The highest BCUT2D eigenvalue weighted by Gasteiger charge is 2.46. The monoisotopic (exact) mass is 543 g/mol. The van der Waals surface area contributed by atoms with Crippen molar-refractivity contribution < 1.29 is 27.5 Å². The molecule has 38 heavy (non-hydrogen) atoms. The lowest BCUT2D eigenvalue weighted by atomic mass is 9.81. The van der Waals surface area contributed by atoms with Crippen LogP contribution in [0, 0.1) is 0 Å². The van der Waals surface area contributed by atoms with Gasteiger partial charge in [0, 0.05) is 56.0 Å². The summed E-state index contributed by atoms with van der Waals surface area (Å²) >= 11 is 1.51. The lowest BCUT2D eigenvalue weighted by molar-refractivity contribution is -0.137. The number of benzene rings is 2.